The van der Waals surface area contributed by atoms with Gasteiger partial charge in [-0.05, 0) is 19.4 Å². The second-order valence-electron chi connectivity index (χ2n) is 8.31. The van der Waals surface area contributed by atoms with Crippen molar-refractivity contribution >= 4 is 35.2 Å². The Bertz CT molecular complexity index is 1000. The van der Waals surface area contributed by atoms with Crippen LogP contribution < -0.4 is 10.3 Å². The average molecular weight is 455 g/mol. The number of fused-ring (bicyclic) bond motifs is 1. The first-order valence-electron chi connectivity index (χ1n) is 9.34. The minimum absolute atomic E-state index is 0.0885. The predicted octanol–water partition coefficient (Wildman–Crippen LogP) is 1.81. The number of ketones is 1. The standard InChI is InChI=1S/C19H26N4O5S2/c1-9-10(12(24)18(2,3)4)23-15(26)11(27-7)16(23)29-19(9,5)30-17-20-13(25)14(28-8)21-22(17)6/h11,16H,1-8H3/t11-,16+,19?/m0/s1. The number of β-lactam (4-membered cyclic amide) rings is 1. The van der Waals surface area contributed by atoms with E-state index in [1.807, 2.05) is 34.6 Å². The number of rotatable bonds is 5. The molecule has 0 bridgehead atoms. The number of ether oxygens (including phenoxy) is 2. The molecule has 1 unspecified atom stereocenters. The van der Waals surface area contributed by atoms with Crippen molar-refractivity contribution in [2.75, 3.05) is 14.2 Å². The molecule has 30 heavy (non-hydrogen) atoms. The zero-order valence-corrected chi connectivity index (χ0v) is 19.9. The van der Waals surface area contributed by atoms with Crippen molar-refractivity contribution in [1.82, 2.24) is 19.7 Å². The number of hydrogen-bond acceptors (Lipinski definition) is 9. The summed E-state index contributed by atoms with van der Waals surface area (Å²) in [5.74, 6) is -0.422. The monoisotopic (exact) mass is 454 g/mol. The Morgan fingerprint density at radius 1 is 1.27 bits per heavy atom. The highest BCUT2D eigenvalue weighted by molar-refractivity contribution is 8.18. The van der Waals surface area contributed by atoms with Crippen LogP contribution in [0.25, 0.3) is 0 Å². The summed E-state index contributed by atoms with van der Waals surface area (Å²) in [4.78, 5) is 43.8. The third-order valence-electron chi connectivity index (χ3n) is 5.14. The molecule has 9 nitrogen and oxygen atoms in total. The lowest BCUT2D eigenvalue weighted by Crippen LogP contribution is -2.67. The number of allylic oxidation sites excluding steroid dienone is 1. The van der Waals surface area contributed by atoms with Crippen molar-refractivity contribution in [1.29, 1.82) is 0 Å². The molecule has 0 N–H and O–H groups in total. The van der Waals surface area contributed by atoms with Gasteiger partial charge in [0.1, 0.15) is 5.37 Å². The van der Waals surface area contributed by atoms with E-state index in [9.17, 15) is 14.4 Å². The SMILES string of the molecule is COc1nn(C)c(SC2(C)S[C@@H]3[C@@H](OC)C(=O)N3C(C(=O)C(C)(C)C)=C2C)nc1=O. The van der Waals surface area contributed by atoms with Crippen molar-refractivity contribution in [3.05, 3.63) is 21.6 Å². The minimum Gasteiger partial charge on any atom is -0.476 e. The molecular formula is C19H26N4O5S2. The van der Waals surface area contributed by atoms with Crippen molar-refractivity contribution in [3.8, 4) is 5.88 Å². The topological polar surface area (TPSA) is 104 Å². The summed E-state index contributed by atoms with van der Waals surface area (Å²) < 4.78 is 11.1. The van der Waals surface area contributed by atoms with Crippen LogP contribution in [-0.2, 0) is 21.4 Å². The molecule has 3 heterocycles. The third-order valence-corrected chi connectivity index (χ3v) is 8.37. The predicted molar refractivity (Wildman–Crippen MR) is 114 cm³/mol. The van der Waals surface area contributed by atoms with Gasteiger partial charge in [0, 0.05) is 19.6 Å². The Labute approximate surface area is 183 Å². The van der Waals surface area contributed by atoms with Gasteiger partial charge in [0.2, 0.25) is 0 Å². The van der Waals surface area contributed by atoms with Gasteiger partial charge >= 0.3 is 5.56 Å². The number of carbonyl (C=O) groups excluding carboxylic acids is 2. The van der Waals surface area contributed by atoms with E-state index in [0.717, 1.165) is 5.57 Å². The van der Waals surface area contributed by atoms with Gasteiger partial charge in [-0.2, -0.15) is 4.98 Å². The highest BCUT2D eigenvalue weighted by Gasteiger charge is 2.59. The highest BCUT2D eigenvalue weighted by Crippen LogP contribution is 2.57. The fourth-order valence-corrected chi connectivity index (χ4v) is 6.29. The van der Waals surface area contributed by atoms with Crippen LogP contribution in [-0.4, -0.2) is 61.1 Å². The maximum absolute atomic E-state index is 13.3. The van der Waals surface area contributed by atoms with Gasteiger partial charge in [-0.3, -0.25) is 19.3 Å². The number of thioether (sulfide) groups is 2. The molecule has 2 aliphatic rings. The molecule has 1 amide bonds. The van der Waals surface area contributed by atoms with E-state index in [0.29, 0.717) is 10.9 Å². The fourth-order valence-electron chi connectivity index (χ4n) is 3.28. The van der Waals surface area contributed by atoms with E-state index in [-0.39, 0.29) is 22.9 Å². The molecule has 0 spiro atoms. The molecule has 164 valence electrons. The average Bonchev–Trinajstić information content (AvgIpc) is 2.66. The Balaban J connectivity index is 2.11. The van der Waals surface area contributed by atoms with Gasteiger partial charge in [-0.25, -0.2) is 4.68 Å². The largest absolute Gasteiger partial charge is 0.476 e. The van der Waals surface area contributed by atoms with Crippen LogP contribution in [0.1, 0.15) is 34.6 Å². The summed E-state index contributed by atoms with van der Waals surface area (Å²) in [5, 5.41) is 4.16. The zero-order valence-electron chi connectivity index (χ0n) is 18.3. The third kappa shape index (κ3) is 3.56. The summed E-state index contributed by atoms with van der Waals surface area (Å²) in [6.45, 7) is 9.28. The van der Waals surface area contributed by atoms with Crippen LogP contribution in [0.5, 0.6) is 5.88 Å². The number of aryl methyl sites for hydroxylation is 1. The Kier molecular flexibility index (Phi) is 5.85. The van der Waals surface area contributed by atoms with E-state index in [1.54, 1.807) is 11.9 Å². The molecular weight excluding hydrogens is 428 g/mol. The lowest BCUT2D eigenvalue weighted by atomic mass is 9.85. The summed E-state index contributed by atoms with van der Waals surface area (Å²) in [5.41, 5.74) is -0.0991. The second-order valence-corrected chi connectivity index (χ2v) is 11.5. The smallest absolute Gasteiger partial charge is 0.336 e. The molecule has 11 heteroatoms. The first-order valence-corrected chi connectivity index (χ1v) is 11.0. The molecule has 3 atom stereocenters. The summed E-state index contributed by atoms with van der Waals surface area (Å²) >= 11 is 2.81. The van der Waals surface area contributed by atoms with Gasteiger partial charge in [0.25, 0.3) is 11.8 Å². The second kappa shape index (κ2) is 7.69. The van der Waals surface area contributed by atoms with E-state index in [1.165, 1.54) is 42.4 Å². The lowest BCUT2D eigenvalue weighted by molar-refractivity contribution is -0.160. The van der Waals surface area contributed by atoms with E-state index in [2.05, 4.69) is 10.1 Å². The molecule has 1 saturated heterocycles. The number of amides is 1. The van der Waals surface area contributed by atoms with Crippen LogP contribution >= 0.6 is 23.5 Å². The molecule has 0 saturated carbocycles. The summed E-state index contributed by atoms with van der Waals surface area (Å²) in [6, 6.07) is 0. The first kappa shape index (κ1) is 22.8. The molecule has 0 radical (unpaired) electrons. The molecule has 3 rings (SSSR count). The number of aromatic nitrogens is 3. The highest BCUT2D eigenvalue weighted by atomic mass is 32.2. The molecule has 1 aromatic heterocycles. The Morgan fingerprint density at radius 3 is 2.43 bits per heavy atom. The van der Waals surface area contributed by atoms with Crippen LogP contribution in [0, 0.1) is 5.41 Å². The number of carbonyl (C=O) groups is 2. The van der Waals surface area contributed by atoms with E-state index < -0.39 is 21.2 Å². The van der Waals surface area contributed by atoms with Crippen LogP contribution in [0.2, 0.25) is 0 Å². The molecule has 2 aliphatic heterocycles. The Hall–Kier alpha value is -1.85. The van der Waals surface area contributed by atoms with Gasteiger partial charge in [0.05, 0.1) is 16.9 Å². The van der Waals surface area contributed by atoms with Crippen LogP contribution in [0.4, 0.5) is 0 Å². The molecule has 1 aromatic rings. The Morgan fingerprint density at radius 2 is 1.90 bits per heavy atom. The van der Waals surface area contributed by atoms with Gasteiger partial charge in [-0.1, -0.05) is 32.5 Å². The fraction of sp³-hybridized carbons (Fsp3) is 0.632. The van der Waals surface area contributed by atoms with Crippen LogP contribution in [0.3, 0.4) is 0 Å². The maximum atomic E-state index is 13.3. The van der Waals surface area contributed by atoms with Gasteiger partial charge < -0.3 is 9.47 Å². The molecule has 0 aliphatic carbocycles. The van der Waals surface area contributed by atoms with Crippen LogP contribution in [0.15, 0.2) is 21.2 Å². The van der Waals surface area contributed by atoms with E-state index >= 15 is 0 Å². The quantitative estimate of drug-likeness (QED) is 0.616. The zero-order chi connectivity index (χ0) is 22.6. The number of nitrogens with zero attached hydrogens (tertiary/aromatic N) is 4. The van der Waals surface area contributed by atoms with Gasteiger partial charge in [0.15, 0.2) is 17.0 Å². The first-order chi connectivity index (χ1) is 13.9. The number of Topliss-reactive ketones (excluding diaryl/α,β-unsaturated/α-hetero) is 1. The summed E-state index contributed by atoms with van der Waals surface area (Å²) in [6.07, 6.45) is -0.628. The van der Waals surface area contributed by atoms with Crippen molar-refractivity contribution in [3.63, 3.8) is 0 Å². The lowest BCUT2D eigenvalue weighted by Gasteiger charge is -2.54. The van der Waals surface area contributed by atoms with Crippen molar-refractivity contribution < 1.29 is 19.1 Å². The number of hydrogen-bond donors (Lipinski definition) is 0. The number of methoxy groups -OCH3 is 2. The van der Waals surface area contributed by atoms with Gasteiger partial charge in [-0.15, -0.1) is 16.9 Å². The van der Waals surface area contributed by atoms with E-state index in [4.69, 9.17) is 9.47 Å². The maximum Gasteiger partial charge on any atom is 0.336 e. The summed E-state index contributed by atoms with van der Waals surface area (Å²) in [7, 11) is 4.52. The molecule has 0 aromatic carbocycles. The minimum atomic E-state index is -0.678. The van der Waals surface area contributed by atoms with Crippen molar-refractivity contribution in [2.45, 2.75) is 55.3 Å². The molecule has 1 fully saturated rings. The van der Waals surface area contributed by atoms with Crippen molar-refractivity contribution in [2.24, 2.45) is 12.5 Å². The normalized spacial score (nSPS) is 26.4.